The summed E-state index contributed by atoms with van der Waals surface area (Å²) in [6.07, 6.45) is 3.44. The minimum Gasteiger partial charge on any atom is -0.378 e. The van der Waals surface area contributed by atoms with Crippen LogP contribution in [0.25, 0.3) is 0 Å². The Morgan fingerprint density at radius 2 is 1.76 bits per heavy atom. The van der Waals surface area contributed by atoms with Gasteiger partial charge in [0.25, 0.3) is 5.91 Å². The zero-order valence-electron chi connectivity index (χ0n) is 17.8. The predicted octanol–water partition coefficient (Wildman–Crippen LogP) is 1.99. The fourth-order valence-electron chi connectivity index (χ4n) is 4.12. The van der Waals surface area contributed by atoms with Crippen LogP contribution in [-0.2, 0) is 11.8 Å². The van der Waals surface area contributed by atoms with Crippen molar-refractivity contribution in [2.75, 3.05) is 44.3 Å². The number of rotatable bonds is 3. The number of likely N-dealkylation sites (tertiary alicyclic amines) is 1. The molecule has 0 radical (unpaired) electrons. The van der Waals surface area contributed by atoms with Gasteiger partial charge in [0.15, 0.2) is 0 Å². The number of hydrogen-bond acceptors (Lipinski definition) is 6. The zero-order chi connectivity index (χ0) is 20.5. The van der Waals surface area contributed by atoms with Crippen molar-refractivity contribution < 1.29 is 9.53 Å². The van der Waals surface area contributed by atoms with Crippen LogP contribution in [0.3, 0.4) is 0 Å². The maximum atomic E-state index is 12.9. The van der Waals surface area contributed by atoms with E-state index in [4.69, 9.17) is 14.7 Å². The number of hydrogen-bond donors (Lipinski definition) is 0. The Kier molecular flexibility index (Phi) is 5.54. The number of carbonyl (C=O) groups excluding carboxylic acids is 1. The zero-order valence-corrected chi connectivity index (χ0v) is 17.8. The van der Waals surface area contributed by atoms with Gasteiger partial charge in [-0.1, -0.05) is 0 Å². The van der Waals surface area contributed by atoms with Crippen LogP contribution < -0.4 is 4.90 Å². The number of morpholine rings is 1. The summed E-state index contributed by atoms with van der Waals surface area (Å²) in [5.41, 5.74) is 3.80. The molecule has 2 aromatic heterocycles. The fraction of sp³-hybridized carbons (Fsp3) is 0.619. The van der Waals surface area contributed by atoms with Gasteiger partial charge in [0.2, 0.25) is 0 Å². The van der Waals surface area contributed by atoms with E-state index in [0.717, 1.165) is 80.8 Å². The third-order valence-corrected chi connectivity index (χ3v) is 6.30. The Morgan fingerprint density at radius 3 is 2.38 bits per heavy atom. The SMILES string of the molecule is Cc1nc(C2CCN(C(=O)c3cnn(C)c3C)CC2)nc(N2CCOCC2)c1C. The number of aromatic nitrogens is 4. The van der Waals surface area contributed by atoms with Crippen molar-refractivity contribution in [2.24, 2.45) is 7.05 Å². The number of piperidine rings is 1. The van der Waals surface area contributed by atoms with Crippen molar-refractivity contribution in [1.29, 1.82) is 0 Å². The van der Waals surface area contributed by atoms with E-state index >= 15 is 0 Å². The molecule has 2 saturated heterocycles. The molecule has 156 valence electrons. The van der Waals surface area contributed by atoms with Gasteiger partial charge in [0.05, 0.1) is 25.0 Å². The van der Waals surface area contributed by atoms with E-state index < -0.39 is 0 Å². The average molecular weight is 399 g/mol. The second-order valence-corrected chi connectivity index (χ2v) is 8.05. The molecule has 8 nitrogen and oxygen atoms in total. The van der Waals surface area contributed by atoms with Gasteiger partial charge >= 0.3 is 0 Å². The van der Waals surface area contributed by atoms with Crippen LogP contribution in [0, 0.1) is 20.8 Å². The third-order valence-electron chi connectivity index (χ3n) is 6.30. The van der Waals surface area contributed by atoms with Gasteiger partial charge in [0, 0.05) is 56.1 Å². The molecular weight excluding hydrogens is 368 g/mol. The number of amides is 1. The Balaban J connectivity index is 1.47. The molecule has 2 fully saturated rings. The van der Waals surface area contributed by atoms with Crippen LogP contribution >= 0.6 is 0 Å². The number of anilines is 1. The van der Waals surface area contributed by atoms with Crippen LogP contribution in [0.2, 0.25) is 0 Å². The third kappa shape index (κ3) is 3.85. The lowest BCUT2D eigenvalue weighted by Gasteiger charge is -2.33. The molecule has 0 spiro atoms. The highest BCUT2D eigenvalue weighted by atomic mass is 16.5. The van der Waals surface area contributed by atoms with E-state index in [1.54, 1.807) is 10.9 Å². The molecule has 0 unspecified atom stereocenters. The van der Waals surface area contributed by atoms with Crippen molar-refractivity contribution in [1.82, 2.24) is 24.6 Å². The molecule has 29 heavy (non-hydrogen) atoms. The molecule has 0 bridgehead atoms. The summed E-state index contributed by atoms with van der Waals surface area (Å²) in [7, 11) is 1.86. The van der Waals surface area contributed by atoms with E-state index in [1.807, 2.05) is 18.9 Å². The van der Waals surface area contributed by atoms with Gasteiger partial charge in [-0.25, -0.2) is 9.97 Å². The average Bonchev–Trinajstić information content (AvgIpc) is 3.08. The van der Waals surface area contributed by atoms with E-state index in [2.05, 4.69) is 23.8 Å². The molecule has 4 rings (SSSR count). The molecular formula is C21H30N6O2. The molecule has 1 amide bonds. The highest BCUT2D eigenvalue weighted by Crippen LogP contribution is 2.30. The highest BCUT2D eigenvalue weighted by Gasteiger charge is 2.29. The Hall–Kier alpha value is -2.48. The first-order valence-electron chi connectivity index (χ1n) is 10.4. The van der Waals surface area contributed by atoms with Gasteiger partial charge in [-0.2, -0.15) is 5.10 Å². The predicted molar refractivity (Wildman–Crippen MR) is 110 cm³/mol. The number of nitrogens with zero attached hydrogens (tertiary/aromatic N) is 6. The van der Waals surface area contributed by atoms with Crippen molar-refractivity contribution >= 4 is 11.7 Å². The van der Waals surface area contributed by atoms with Crippen molar-refractivity contribution in [3.8, 4) is 0 Å². The van der Waals surface area contributed by atoms with Crippen LogP contribution in [0.4, 0.5) is 5.82 Å². The van der Waals surface area contributed by atoms with Crippen molar-refractivity contribution in [2.45, 2.75) is 39.5 Å². The van der Waals surface area contributed by atoms with Crippen molar-refractivity contribution in [3.05, 3.63) is 34.5 Å². The molecule has 2 aliphatic heterocycles. The van der Waals surface area contributed by atoms with Gasteiger partial charge in [-0.15, -0.1) is 0 Å². The topological polar surface area (TPSA) is 76.4 Å². The van der Waals surface area contributed by atoms with E-state index in [-0.39, 0.29) is 11.8 Å². The second kappa shape index (κ2) is 8.10. The monoisotopic (exact) mass is 398 g/mol. The number of carbonyl (C=O) groups is 1. The highest BCUT2D eigenvalue weighted by molar-refractivity contribution is 5.95. The number of ether oxygens (including phenoxy) is 1. The minimum atomic E-state index is 0.0732. The van der Waals surface area contributed by atoms with Crippen LogP contribution in [0.15, 0.2) is 6.20 Å². The summed E-state index contributed by atoms with van der Waals surface area (Å²) >= 11 is 0. The van der Waals surface area contributed by atoms with Gasteiger partial charge in [-0.3, -0.25) is 9.48 Å². The first-order chi connectivity index (χ1) is 14.0. The first kappa shape index (κ1) is 19.8. The van der Waals surface area contributed by atoms with Gasteiger partial charge < -0.3 is 14.5 Å². The number of aryl methyl sites for hydroxylation is 2. The lowest BCUT2D eigenvalue weighted by Crippen LogP contribution is -2.39. The quantitative estimate of drug-likeness (QED) is 0.787. The molecule has 4 heterocycles. The Morgan fingerprint density at radius 1 is 1.07 bits per heavy atom. The minimum absolute atomic E-state index is 0.0732. The normalized spacial score (nSPS) is 18.3. The molecule has 2 aliphatic rings. The molecule has 0 aliphatic carbocycles. The molecule has 0 atom stereocenters. The van der Waals surface area contributed by atoms with E-state index in [0.29, 0.717) is 5.56 Å². The van der Waals surface area contributed by atoms with Crippen LogP contribution in [-0.4, -0.2) is 69.9 Å². The van der Waals surface area contributed by atoms with Gasteiger partial charge in [-0.05, 0) is 33.6 Å². The van der Waals surface area contributed by atoms with Gasteiger partial charge in [0.1, 0.15) is 11.6 Å². The van der Waals surface area contributed by atoms with E-state index in [1.165, 1.54) is 0 Å². The maximum absolute atomic E-state index is 12.9. The first-order valence-corrected chi connectivity index (χ1v) is 10.4. The maximum Gasteiger partial charge on any atom is 0.257 e. The molecule has 0 saturated carbocycles. The summed E-state index contributed by atoms with van der Waals surface area (Å²) in [5, 5.41) is 4.20. The lowest BCUT2D eigenvalue weighted by molar-refractivity contribution is 0.0710. The Bertz CT molecular complexity index is 895. The standard InChI is InChI=1S/C21H30N6O2/c1-14-15(2)23-19(24-20(14)26-9-11-29-12-10-26)17-5-7-27(8-6-17)21(28)18-13-22-25(4)16(18)3/h13,17H,5-12H2,1-4H3. The summed E-state index contributed by atoms with van der Waals surface area (Å²) in [6, 6.07) is 0. The van der Waals surface area contributed by atoms with Crippen LogP contribution in [0.5, 0.6) is 0 Å². The van der Waals surface area contributed by atoms with Crippen molar-refractivity contribution in [3.63, 3.8) is 0 Å². The summed E-state index contributed by atoms with van der Waals surface area (Å²) < 4.78 is 7.24. The summed E-state index contributed by atoms with van der Waals surface area (Å²) in [6.45, 7) is 10.8. The molecule has 0 N–H and O–H groups in total. The largest absolute Gasteiger partial charge is 0.378 e. The fourth-order valence-corrected chi connectivity index (χ4v) is 4.12. The Labute approximate surface area is 171 Å². The molecule has 0 aromatic carbocycles. The second-order valence-electron chi connectivity index (χ2n) is 8.05. The lowest BCUT2D eigenvalue weighted by atomic mass is 9.95. The molecule has 8 heteroatoms. The van der Waals surface area contributed by atoms with Crippen LogP contribution in [0.1, 0.15) is 51.9 Å². The summed E-state index contributed by atoms with van der Waals surface area (Å²) in [5.74, 6) is 2.32. The summed E-state index contributed by atoms with van der Waals surface area (Å²) in [4.78, 5) is 26.9. The smallest absolute Gasteiger partial charge is 0.257 e. The van der Waals surface area contributed by atoms with E-state index in [9.17, 15) is 4.79 Å². The molecule has 2 aromatic rings.